The minimum absolute atomic E-state index is 0.187. The zero-order valence-electron chi connectivity index (χ0n) is 23.5. The minimum atomic E-state index is -1.22. The second kappa shape index (κ2) is 10.3. The summed E-state index contributed by atoms with van der Waals surface area (Å²) >= 11 is 0. The zero-order chi connectivity index (χ0) is 29.7. The predicted octanol–water partition coefficient (Wildman–Crippen LogP) is 7.52. The highest BCUT2D eigenvalue weighted by Gasteiger charge is 2.33. The Morgan fingerprint density at radius 2 is 1.02 bits per heavy atom. The van der Waals surface area contributed by atoms with Gasteiger partial charge in [0.2, 0.25) is 0 Å². The van der Waals surface area contributed by atoms with Gasteiger partial charge in [-0.15, -0.1) is 0 Å². The number of benzene rings is 4. The lowest BCUT2D eigenvalue weighted by Gasteiger charge is -2.20. The number of hydrogen-bond donors (Lipinski definition) is 2. The molecule has 0 bridgehead atoms. The molecule has 0 spiro atoms. The molecule has 2 heterocycles. The fourth-order valence-electron chi connectivity index (χ4n) is 5.25. The van der Waals surface area contributed by atoms with Crippen LogP contribution < -0.4 is 16.0 Å². The normalized spacial score (nSPS) is 11.5. The number of para-hydroxylation sites is 1. The van der Waals surface area contributed by atoms with Gasteiger partial charge in [0.1, 0.15) is 34.2 Å². The monoisotopic (exact) mass is 560 g/mol. The van der Waals surface area contributed by atoms with E-state index in [-0.39, 0.29) is 33.8 Å². The predicted molar refractivity (Wildman–Crippen MR) is 161 cm³/mol. The smallest absolute Gasteiger partial charge is 0.344 e. The molecule has 0 aliphatic heterocycles. The topological polar surface area (TPSA) is 110 Å². The first-order chi connectivity index (χ1) is 20.1. The molecule has 0 aliphatic carbocycles. The van der Waals surface area contributed by atoms with Crippen LogP contribution in [0.25, 0.3) is 21.9 Å². The number of aryl methyl sites for hydroxylation is 4. The molecule has 7 nitrogen and oxygen atoms in total. The van der Waals surface area contributed by atoms with E-state index in [1.165, 1.54) is 0 Å². The van der Waals surface area contributed by atoms with Crippen molar-refractivity contribution in [3.8, 4) is 23.0 Å². The van der Waals surface area contributed by atoms with E-state index in [0.717, 1.165) is 22.3 Å². The van der Waals surface area contributed by atoms with E-state index in [2.05, 4.69) is 0 Å². The van der Waals surface area contributed by atoms with Gasteiger partial charge in [-0.25, -0.2) is 9.59 Å². The average Bonchev–Trinajstić information content (AvgIpc) is 2.96. The largest absolute Gasteiger partial charge is 0.507 e. The molecular formula is C35H28O7. The van der Waals surface area contributed by atoms with E-state index in [1.807, 2.05) is 58.0 Å². The first kappa shape index (κ1) is 26.9. The summed E-state index contributed by atoms with van der Waals surface area (Å²) in [5, 5.41) is 23.8. The van der Waals surface area contributed by atoms with E-state index in [1.54, 1.807) is 48.5 Å². The lowest BCUT2D eigenvalue weighted by atomic mass is 9.84. The molecule has 7 heteroatoms. The fourth-order valence-corrected chi connectivity index (χ4v) is 5.25. The summed E-state index contributed by atoms with van der Waals surface area (Å²) in [4.78, 5) is 27.1. The van der Waals surface area contributed by atoms with E-state index < -0.39 is 17.2 Å². The highest BCUT2D eigenvalue weighted by Crippen LogP contribution is 2.43. The van der Waals surface area contributed by atoms with Crippen molar-refractivity contribution < 1.29 is 23.8 Å². The van der Waals surface area contributed by atoms with Gasteiger partial charge in [-0.3, -0.25) is 0 Å². The molecular weight excluding hydrogens is 532 g/mol. The summed E-state index contributed by atoms with van der Waals surface area (Å²) in [7, 11) is 0. The lowest BCUT2D eigenvalue weighted by Crippen LogP contribution is -2.21. The number of aromatic hydroxyl groups is 2. The Hall–Kier alpha value is -5.30. The van der Waals surface area contributed by atoms with Crippen LogP contribution in [-0.4, -0.2) is 10.2 Å². The molecule has 0 unspecified atom stereocenters. The molecule has 0 amide bonds. The Morgan fingerprint density at radius 1 is 0.595 bits per heavy atom. The van der Waals surface area contributed by atoms with Gasteiger partial charge >= 0.3 is 11.3 Å². The molecule has 2 N–H and O–H groups in total. The average molecular weight is 561 g/mol. The third-order valence-electron chi connectivity index (χ3n) is 7.83. The molecule has 0 atom stereocenters. The molecule has 0 saturated carbocycles. The third kappa shape index (κ3) is 4.59. The van der Waals surface area contributed by atoms with Crippen LogP contribution in [0, 0.1) is 27.7 Å². The highest BCUT2D eigenvalue weighted by atomic mass is 16.5. The maximum atomic E-state index is 13.6. The minimum Gasteiger partial charge on any atom is -0.507 e. The van der Waals surface area contributed by atoms with Gasteiger partial charge in [-0.05, 0) is 104 Å². The van der Waals surface area contributed by atoms with Crippen molar-refractivity contribution in [1.82, 2.24) is 0 Å². The zero-order valence-corrected chi connectivity index (χ0v) is 23.5. The van der Waals surface area contributed by atoms with Crippen molar-refractivity contribution in [1.29, 1.82) is 0 Å². The van der Waals surface area contributed by atoms with Crippen LogP contribution in [0.4, 0.5) is 0 Å². The number of hydrogen-bond acceptors (Lipinski definition) is 7. The number of fused-ring (bicyclic) bond motifs is 2. The number of ether oxygens (including phenoxy) is 1. The van der Waals surface area contributed by atoms with Crippen LogP contribution in [0.2, 0.25) is 0 Å². The molecule has 0 radical (unpaired) electrons. The maximum absolute atomic E-state index is 13.6. The van der Waals surface area contributed by atoms with Crippen molar-refractivity contribution in [2.24, 2.45) is 0 Å². The third-order valence-corrected chi connectivity index (χ3v) is 7.83. The first-order valence-electron chi connectivity index (χ1n) is 13.5. The van der Waals surface area contributed by atoms with Crippen molar-refractivity contribution in [2.75, 3.05) is 0 Å². The Kier molecular flexibility index (Phi) is 6.58. The summed E-state index contributed by atoms with van der Waals surface area (Å²) in [6, 6.07) is 22.8. The Labute approximate surface area is 240 Å². The van der Waals surface area contributed by atoms with E-state index in [4.69, 9.17) is 13.6 Å². The van der Waals surface area contributed by atoms with E-state index >= 15 is 0 Å². The van der Waals surface area contributed by atoms with Crippen LogP contribution >= 0.6 is 0 Å². The van der Waals surface area contributed by atoms with Gasteiger partial charge in [0.25, 0.3) is 0 Å². The highest BCUT2D eigenvalue weighted by molar-refractivity contribution is 5.88. The molecule has 0 aliphatic rings. The number of rotatable bonds is 5. The van der Waals surface area contributed by atoms with Crippen molar-refractivity contribution in [2.45, 2.75) is 33.6 Å². The summed E-state index contributed by atoms with van der Waals surface area (Å²) < 4.78 is 17.3. The molecule has 0 saturated heterocycles. The van der Waals surface area contributed by atoms with Gasteiger partial charge in [-0.1, -0.05) is 30.3 Å². The molecule has 4 aromatic carbocycles. The van der Waals surface area contributed by atoms with Crippen LogP contribution in [0.3, 0.4) is 0 Å². The van der Waals surface area contributed by atoms with Crippen LogP contribution in [0.5, 0.6) is 23.0 Å². The van der Waals surface area contributed by atoms with E-state index in [9.17, 15) is 19.8 Å². The van der Waals surface area contributed by atoms with E-state index in [0.29, 0.717) is 27.8 Å². The summed E-state index contributed by atoms with van der Waals surface area (Å²) in [6.07, 6.45) is 0. The molecule has 42 heavy (non-hydrogen) atoms. The Bertz CT molecular complexity index is 1990. The van der Waals surface area contributed by atoms with Crippen LogP contribution in [0.15, 0.2) is 97.3 Å². The molecule has 6 rings (SSSR count). The van der Waals surface area contributed by atoms with Gasteiger partial charge < -0.3 is 23.8 Å². The lowest BCUT2D eigenvalue weighted by molar-refractivity contribution is 0.441. The Balaban J connectivity index is 1.62. The van der Waals surface area contributed by atoms with Crippen molar-refractivity contribution in [3.63, 3.8) is 0 Å². The summed E-state index contributed by atoms with van der Waals surface area (Å²) in [5.74, 6) is -0.736. The molecule has 2 aromatic heterocycles. The second-order valence-electron chi connectivity index (χ2n) is 10.6. The second-order valence-corrected chi connectivity index (χ2v) is 10.6. The molecule has 210 valence electrons. The van der Waals surface area contributed by atoms with Crippen LogP contribution in [0.1, 0.15) is 44.9 Å². The first-order valence-corrected chi connectivity index (χ1v) is 13.5. The standard InChI is InChI=1S/C35H28O7/c1-18-14-25-27(16-20(18)3)41-34(38)30(32(25)36)29(22-10-12-24(13-11-22)40-23-8-6-5-7-9-23)31-33(37)26-15-19(2)21(4)17-28(26)42-35(31)39/h5-17,29,36-37H,1-4H3. The van der Waals surface area contributed by atoms with Crippen LogP contribution in [-0.2, 0) is 0 Å². The quantitative estimate of drug-likeness (QED) is 0.210. The summed E-state index contributed by atoms with van der Waals surface area (Å²) in [6.45, 7) is 7.53. The van der Waals surface area contributed by atoms with Gasteiger partial charge in [-0.2, -0.15) is 0 Å². The van der Waals surface area contributed by atoms with Gasteiger partial charge in [0.05, 0.1) is 27.8 Å². The van der Waals surface area contributed by atoms with Crippen molar-refractivity contribution >= 4 is 21.9 Å². The van der Waals surface area contributed by atoms with Gasteiger partial charge in [0.15, 0.2) is 0 Å². The summed E-state index contributed by atoms with van der Waals surface area (Å²) in [5.41, 5.74) is 2.38. The fraction of sp³-hybridized carbons (Fsp3) is 0.143. The molecule has 6 aromatic rings. The van der Waals surface area contributed by atoms with Gasteiger partial charge in [0, 0.05) is 0 Å². The maximum Gasteiger partial charge on any atom is 0.344 e. The Morgan fingerprint density at radius 3 is 1.50 bits per heavy atom. The SMILES string of the molecule is Cc1cc2oc(=O)c(C(c3ccc(Oc4ccccc4)cc3)c3c(O)c4cc(C)c(C)cc4oc3=O)c(O)c2cc1C. The van der Waals surface area contributed by atoms with Crippen molar-refractivity contribution in [3.05, 3.63) is 139 Å². The molecule has 0 fully saturated rings.